The van der Waals surface area contributed by atoms with Crippen molar-refractivity contribution in [3.05, 3.63) is 47.5 Å². The predicted molar refractivity (Wildman–Crippen MR) is 55.9 cm³/mol. The number of fused-ring (bicyclic) bond motifs is 2. The Bertz CT molecular complexity index is 595. The Morgan fingerprint density at radius 2 is 1.80 bits per heavy atom. The fourth-order valence-electron chi connectivity index (χ4n) is 2.51. The highest BCUT2D eigenvalue weighted by molar-refractivity contribution is 6.15. The van der Waals surface area contributed by atoms with Gasteiger partial charge in [-0.05, 0) is 16.3 Å². The molecule has 1 aliphatic heterocycles. The van der Waals surface area contributed by atoms with Crippen LogP contribution < -0.4 is 0 Å². The quantitative estimate of drug-likeness (QED) is 0.606. The van der Waals surface area contributed by atoms with E-state index >= 15 is 0 Å². The smallest absolute Gasteiger partial charge is 0.195 e. The molecule has 2 nitrogen and oxygen atoms in total. The summed E-state index contributed by atoms with van der Waals surface area (Å²) in [6, 6.07) is 12.0. The summed E-state index contributed by atoms with van der Waals surface area (Å²) in [4.78, 5) is 11.9. The molecule has 2 aromatic carbocycles. The zero-order valence-corrected chi connectivity index (χ0v) is 7.94. The first kappa shape index (κ1) is 7.60. The van der Waals surface area contributed by atoms with E-state index in [2.05, 4.69) is 6.07 Å². The second kappa shape index (κ2) is 2.28. The van der Waals surface area contributed by atoms with E-state index in [-0.39, 0.29) is 18.0 Å². The van der Waals surface area contributed by atoms with Crippen LogP contribution in [0.4, 0.5) is 0 Å². The number of epoxide rings is 1. The van der Waals surface area contributed by atoms with Crippen LogP contribution in [0.25, 0.3) is 10.8 Å². The Balaban J connectivity index is 2.24. The number of carbonyl (C=O) groups is 1. The maximum atomic E-state index is 11.9. The molecule has 2 aliphatic rings. The summed E-state index contributed by atoms with van der Waals surface area (Å²) < 4.78 is 5.41. The summed E-state index contributed by atoms with van der Waals surface area (Å²) in [7, 11) is 0. The average molecular weight is 196 g/mol. The highest BCUT2D eigenvalue weighted by atomic mass is 16.6. The average Bonchev–Trinajstić information content (AvgIpc) is 3.06. The van der Waals surface area contributed by atoms with Gasteiger partial charge in [-0.3, -0.25) is 4.79 Å². The molecule has 1 heterocycles. The fourth-order valence-corrected chi connectivity index (χ4v) is 2.51. The minimum atomic E-state index is -0.203. The van der Waals surface area contributed by atoms with Crippen molar-refractivity contribution < 1.29 is 9.53 Å². The molecule has 0 bridgehead atoms. The van der Waals surface area contributed by atoms with Gasteiger partial charge in [-0.1, -0.05) is 36.4 Å². The van der Waals surface area contributed by atoms with Crippen LogP contribution in [0.1, 0.15) is 22.0 Å². The second-order valence-corrected chi connectivity index (χ2v) is 4.09. The van der Waals surface area contributed by atoms with Gasteiger partial charge in [0.05, 0.1) is 0 Å². The highest BCUT2D eigenvalue weighted by Crippen LogP contribution is 2.48. The molecule has 72 valence electrons. The standard InChI is InChI=1S/C13H8O2/c14-11-8-5-1-3-7-4-2-6-9(10(7)8)12-13(11)15-12/h1-6,12-13H. The summed E-state index contributed by atoms with van der Waals surface area (Å²) in [5.74, 6) is 0.143. The van der Waals surface area contributed by atoms with E-state index in [1.165, 1.54) is 5.56 Å². The molecule has 2 unspecified atom stereocenters. The number of carbonyl (C=O) groups excluding carboxylic acids is 1. The minimum Gasteiger partial charge on any atom is -0.356 e. The first-order valence-electron chi connectivity index (χ1n) is 5.07. The lowest BCUT2D eigenvalue weighted by Crippen LogP contribution is -2.13. The van der Waals surface area contributed by atoms with Gasteiger partial charge >= 0.3 is 0 Å². The fraction of sp³-hybridized carbons (Fsp3) is 0.154. The third kappa shape index (κ3) is 0.809. The molecule has 0 radical (unpaired) electrons. The Kier molecular flexibility index (Phi) is 1.16. The molecule has 0 spiro atoms. The molecule has 0 aromatic heterocycles. The van der Waals surface area contributed by atoms with Gasteiger partial charge in [0.2, 0.25) is 0 Å². The molecule has 1 aliphatic carbocycles. The largest absolute Gasteiger partial charge is 0.356 e. The number of benzene rings is 2. The molecule has 0 saturated carbocycles. The molecular formula is C13H8O2. The molecule has 1 saturated heterocycles. The number of hydrogen-bond donors (Lipinski definition) is 0. The van der Waals surface area contributed by atoms with Crippen LogP contribution in [0.3, 0.4) is 0 Å². The van der Waals surface area contributed by atoms with Crippen molar-refractivity contribution in [1.82, 2.24) is 0 Å². The van der Waals surface area contributed by atoms with Gasteiger partial charge < -0.3 is 4.74 Å². The van der Waals surface area contributed by atoms with Crippen LogP contribution in [-0.4, -0.2) is 11.9 Å². The monoisotopic (exact) mass is 196 g/mol. The SMILES string of the molecule is O=C1c2cccc3cccc(c23)C2OC12. The summed E-state index contributed by atoms with van der Waals surface area (Å²) in [5, 5.41) is 2.22. The number of hydrogen-bond acceptors (Lipinski definition) is 2. The van der Waals surface area contributed by atoms with E-state index in [1.807, 2.05) is 30.3 Å². The molecule has 15 heavy (non-hydrogen) atoms. The molecule has 0 amide bonds. The Hall–Kier alpha value is -1.67. The van der Waals surface area contributed by atoms with Crippen LogP contribution in [0.2, 0.25) is 0 Å². The Labute approximate surface area is 86.5 Å². The van der Waals surface area contributed by atoms with Crippen molar-refractivity contribution in [1.29, 1.82) is 0 Å². The van der Waals surface area contributed by atoms with Gasteiger partial charge in [0.15, 0.2) is 11.9 Å². The number of rotatable bonds is 0. The van der Waals surface area contributed by atoms with E-state index in [0.29, 0.717) is 0 Å². The maximum Gasteiger partial charge on any atom is 0.195 e. The zero-order valence-electron chi connectivity index (χ0n) is 7.94. The first-order valence-corrected chi connectivity index (χ1v) is 5.07. The van der Waals surface area contributed by atoms with Gasteiger partial charge in [-0.2, -0.15) is 0 Å². The van der Waals surface area contributed by atoms with Gasteiger partial charge in [0.25, 0.3) is 0 Å². The number of ether oxygens (including phenoxy) is 1. The zero-order chi connectivity index (χ0) is 9.99. The second-order valence-electron chi connectivity index (χ2n) is 4.09. The van der Waals surface area contributed by atoms with Crippen molar-refractivity contribution in [2.24, 2.45) is 0 Å². The van der Waals surface area contributed by atoms with Crippen LogP contribution in [0.5, 0.6) is 0 Å². The maximum absolute atomic E-state index is 11.9. The topological polar surface area (TPSA) is 29.6 Å². The van der Waals surface area contributed by atoms with Gasteiger partial charge in [0, 0.05) is 5.56 Å². The minimum absolute atomic E-state index is 0.0242. The molecule has 2 aromatic rings. The Morgan fingerprint density at radius 1 is 1.00 bits per heavy atom. The summed E-state index contributed by atoms with van der Waals surface area (Å²) in [6.07, 6.45) is -0.179. The van der Waals surface area contributed by atoms with E-state index in [1.54, 1.807) is 0 Å². The highest BCUT2D eigenvalue weighted by Gasteiger charge is 2.50. The lowest BCUT2D eigenvalue weighted by molar-refractivity contribution is 0.0955. The van der Waals surface area contributed by atoms with E-state index in [4.69, 9.17) is 4.74 Å². The lowest BCUT2D eigenvalue weighted by Gasteiger charge is -2.12. The van der Waals surface area contributed by atoms with E-state index < -0.39 is 0 Å². The molecule has 2 heteroatoms. The summed E-state index contributed by atoms with van der Waals surface area (Å²) >= 11 is 0. The van der Waals surface area contributed by atoms with Crippen molar-refractivity contribution in [3.63, 3.8) is 0 Å². The van der Waals surface area contributed by atoms with Crippen LogP contribution in [0, 0.1) is 0 Å². The van der Waals surface area contributed by atoms with Crippen molar-refractivity contribution in [2.75, 3.05) is 0 Å². The van der Waals surface area contributed by atoms with Crippen LogP contribution in [0.15, 0.2) is 36.4 Å². The normalized spacial score (nSPS) is 26.5. The third-order valence-corrected chi connectivity index (χ3v) is 3.26. The van der Waals surface area contributed by atoms with Gasteiger partial charge in [-0.15, -0.1) is 0 Å². The molecular weight excluding hydrogens is 188 g/mol. The summed E-state index contributed by atoms with van der Waals surface area (Å²) in [5.41, 5.74) is 1.99. The van der Waals surface area contributed by atoms with Crippen LogP contribution >= 0.6 is 0 Å². The number of Topliss-reactive ketones (excluding diaryl/α,β-unsaturated/α-hetero) is 1. The van der Waals surface area contributed by atoms with E-state index in [0.717, 1.165) is 16.3 Å². The molecule has 4 rings (SSSR count). The van der Waals surface area contributed by atoms with Gasteiger partial charge in [-0.25, -0.2) is 0 Å². The lowest BCUT2D eigenvalue weighted by atomic mass is 9.88. The van der Waals surface area contributed by atoms with Crippen molar-refractivity contribution in [2.45, 2.75) is 12.2 Å². The van der Waals surface area contributed by atoms with Crippen LogP contribution in [-0.2, 0) is 4.74 Å². The van der Waals surface area contributed by atoms with Crippen molar-refractivity contribution >= 4 is 16.6 Å². The number of ketones is 1. The molecule has 2 atom stereocenters. The Morgan fingerprint density at radius 3 is 2.67 bits per heavy atom. The third-order valence-electron chi connectivity index (χ3n) is 3.26. The first-order chi connectivity index (χ1) is 7.36. The predicted octanol–water partition coefficient (Wildman–Crippen LogP) is 2.48. The summed E-state index contributed by atoms with van der Waals surface area (Å²) in [6.45, 7) is 0. The molecule has 0 N–H and O–H groups in total. The van der Waals surface area contributed by atoms with Gasteiger partial charge in [0.1, 0.15) is 6.10 Å². The van der Waals surface area contributed by atoms with Crippen molar-refractivity contribution in [3.8, 4) is 0 Å². The van der Waals surface area contributed by atoms with E-state index in [9.17, 15) is 4.79 Å². The molecule has 1 fully saturated rings.